The molecule has 3 N–H and O–H groups in total. The van der Waals surface area contributed by atoms with Crippen LogP contribution in [0.15, 0.2) is 30.3 Å². The standard InChI is InChI=1S/C16H22N4O.ClH/c1-12-9-13(2)20(19-12)11-14-5-3-6-15(10-14)16(21)18-8-4-7-17;/h3,5-6,9-10H,4,7-8,11,17H2,1-2H3,(H,18,21);1H. The Bertz CT molecular complexity index is 624. The zero-order chi connectivity index (χ0) is 15.2. The van der Waals surface area contributed by atoms with Crippen LogP contribution in [0, 0.1) is 13.8 Å². The van der Waals surface area contributed by atoms with Gasteiger partial charge in [0.2, 0.25) is 0 Å². The van der Waals surface area contributed by atoms with Crippen molar-refractivity contribution in [3.8, 4) is 0 Å². The molecule has 0 atom stereocenters. The average Bonchev–Trinajstić information content (AvgIpc) is 2.77. The van der Waals surface area contributed by atoms with E-state index in [0.717, 1.165) is 23.4 Å². The minimum absolute atomic E-state index is 0. The molecule has 2 aromatic rings. The fourth-order valence-corrected chi connectivity index (χ4v) is 2.22. The van der Waals surface area contributed by atoms with Gasteiger partial charge in [0.1, 0.15) is 0 Å². The van der Waals surface area contributed by atoms with Crippen LogP contribution in [0.2, 0.25) is 0 Å². The summed E-state index contributed by atoms with van der Waals surface area (Å²) in [7, 11) is 0. The maximum atomic E-state index is 12.0. The Labute approximate surface area is 137 Å². The lowest BCUT2D eigenvalue weighted by atomic mass is 10.1. The van der Waals surface area contributed by atoms with Gasteiger partial charge in [0.05, 0.1) is 12.2 Å². The molecule has 0 bridgehead atoms. The van der Waals surface area contributed by atoms with Crippen LogP contribution in [0.5, 0.6) is 0 Å². The highest BCUT2D eigenvalue weighted by molar-refractivity contribution is 5.94. The van der Waals surface area contributed by atoms with E-state index in [4.69, 9.17) is 5.73 Å². The maximum absolute atomic E-state index is 12.0. The summed E-state index contributed by atoms with van der Waals surface area (Å²) in [6.07, 6.45) is 0.789. The number of aromatic nitrogens is 2. The van der Waals surface area contributed by atoms with E-state index in [1.807, 2.05) is 48.9 Å². The van der Waals surface area contributed by atoms with Crippen molar-refractivity contribution in [2.75, 3.05) is 13.1 Å². The van der Waals surface area contributed by atoms with Crippen molar-refractivity contribution in [2.45, 2.75) is 26.8 Å². The summed E-state index contributed by atoms with van der Waals surface area (Å²) in [5, 5.41) is 7.31. The van der Waals surface area contributed by atoms with Gasteiger partial charge in [-0.1, -0.05) is 12.1 Å². The molecule has 0 aliphatic carbocycles. The highest BCUT2D eigenvalue weighted by Crippen LogP contribution is 2.10. The van der Waals surface area contributed by atoms with Crippen molar-refractivity contribution in [2.24, 2.45) is 5.73 Å². The summed E-state index contributed by atoms with van der Waals surface area (Å²) in [4.78, 5) is 12.0. The zero-order valence-electron chi connectivity index (χ0n) is 13.0. The van der Waals surface area contributed by atoms with E-state index in [9.17, 15) is 4.79 Å². The first kappa shape index (κ1) is 18.2. The summed E-state index contributed by atoms with van der Waals surface area (Å²) in [6, 6.07) is 9.69. The van der Waals surface area contributed by atoms with Crippen LogP contribution in [-0.4, -0.2) is 28.8 Å². The Balaban J connectivity index is 0.00000242. The number of benzene rings is 1. The Kier molecular flexibility index (Phi) is 7.08. The summed E-state index contributed by atoms with van der Waals surface area (Å²) < 4.78 is 1.95. The lowest BCUT2D eigenvalue weighted by Gasteiger charge is -2.08. The Hall–Kier alpha value is -1.85. The Morgan fingerprint density at radius 1 is 1.32 bits per heavy atom. The van der Waals surface area contributed by atoms with Gasteiger partial charge in [-0.05, 0) is 50.6 Å². The summed E-state index contributed by atoms with van der Waals surface area (Å²) in [5.74, 6) is -0.0568. The molecule has 0 spiro atoms. The molecule has 120 valence electrons. The molecule has 0 radical (unpaired) electrons. The maximum Gasteiger partial charge on any atom is 0.251 e. The van der Waals surface area contributed by atoms with Gasteiger partial charge >= 0.3 is 0 Å². The van der Waals surface area contributed by atoms with Gasteiger partial charge in [-0.2, -0.15) is 5.10 Å². The van der Waals surface area contributed by atoms with E-state index in [1.165, 1.54) is 0 Å². The third kappa shape index (κ3) is 4.86. The number of carbonyl (C=O) groups is 1. The number of nitrogens with one attached hydrogen (secondary N) is 1. The normalized spacial score (nSPS) is 10.1. The number of amides is 1. The molecule has 0 aliphatic rings. The van der Waals surface area contributed by atoms with E-state index in [1.54, 1.807) is 0 Å². The molecule has 1 heterocycles. The number of hydrogen-bond donors (Lipinski definition) is 2. The number of nitrogens with zero attached hydrogens (tertiary/aromatic N) is 2. The number of nitrogens with two attached hydrogens (primary N) is 1. The summed E-state index contributed by atoms with van der Waals surface area (Å²) in [6.45, 7) is 5.87. The highest BCUT2D eigenvalue weighted by atomic mass is 35.5. The summed E-state index contributed by atoms with van der Waals surface area (Å²) in [5.41, 5.74) is 9.27. The van der Waals surface area contributed by atoms with Crippen molar-refractivity contribution >= 4 is 18.3 Å². The van der Waals surface area contributed by atoms with Crippen LogP contribution in [0.25, 0.3) is 0 Å². The third-order valence-corrected chi connectivity index (χ3v) is 3.29. The number of halogens is 1. The van der Waals surface area contributed by atoms with Gasteiger partial charge in [0.15, 0.2) is 0 Å². The molecule has 1 aromatic carbocycles. The molecule has 0 saturated heterocycles. The fourth-order valence-electron chi connectivity index (χ4n) is 2.22. The Morgan fingerprint density at radius 3 is 2.73 bits per heavy atom. The van der Waals surface area contributed by atoms with Crippen molar-refractivity contribution < 1.29 is 4.79 Å². The average molecular weight is 323 g/mol. The largest absolute Gasteiger partial charge is 0.352 e. The summed E-state index contributed by atoms with van der Waals surface area (Å²) >= 11 is 0. The number of aryl methyl sites for hydroxylation is 2. The molecule has 22 heavy (non-hydrogen) atoms. The van der Waals surface area contributed by atoms with Gasteiger partial charge in [-0.25, -0.2) is 0 Å². The van der Waals surface area contributed by atoms with Gasteiger partial charge in [0.25, 0.3) is 5.91 Å². The van der Waals surface area contributed by atoms with Gasteiger partial charge in [-0.15, -0.1) is 12.4 Å². The van der Waals surface area contributed by atoms with Crippen molar-refractivity contribution in [3.05, 3.63) is 52.8 Å². The zero-order valence-corrected chi connectivity index (χ0v) is 13.8. The van der Waals surface area contributed by atoms with Gasteiger partial charge < -0.3 is 11.1 Å². The van der Waals surface area contributed by atoms with Crippen LogP contribution >= 0.6 is 12.4 Å². The molecule has 2 rings (SSSR count). The highest BCUT2D eigenvalue weighted by Gasteiger charge is 2.07. The minimum atomic E-state index is -0.0568. The quantitative estimate of drug-likeness (QED) is 0.799. The monoisotopic (exact) mass is 322 g/mol. The van der Waals surface area contributed by atoms with E-state index in [2.05, 4.69) is 10.4 Å². The van der Waals surface area contributed by atoms with E-state index < -0.39 is 0 Å². The first-order chi connectivity index (χ1) is 10.1. The van der Waals surface area contributed by atoms with Crippen LogP contribution in [0.4, 0.5) is 0 Å². The van der Waals surface area contributed by atoms with Crippen molar-refractivity contribution in [1.82, 2.24) is 15.1 Å². The van der Waals surface area contributed by atoms with Crippen LogP contribution in [0.1, 0.15) is 33.7 Å². The smallest absolute Gasteiger partial charge is 0.251 e. The van der Waals surface area contributed by atoms with Crippen molar-refractivity contribution in [1.29, 1.82) is 0 Å². The second-order valence-electron chi connectivity index (χ2n) is 5.18. The predicted octanol–water partition coefficient (Wildman–Crippen LogP) is 2.05. The number of hydrogen-bond acceptors (Lipinski definition) is 3. The van der Waals surface area contributed by atoms with Gasteiger partial charge in [-0.3, -0.25) is 9.48 Å². The number of rotatable bonds is 6. The predicted molar refractivity (Wildman–Crippen MR) is 90.5 cm³/mol. The second-order valence-corrected chi connectivity index (χ2v) is 5.18. The topological polar surface area (TPSA) is 72.9 Å². The molecule has 1 aromatic heterocycles. The molecule has 0 fully saturated rings. The molecular weight excluding hydrogens is 300 g/mol. The molecule has 0 saturated carbocycles. The molecule has 0 unspecified atom stereocenters. The first-order valence-corrected chi connectivity index (χ1v) is 7.18. The fraction of sp³-hybridized carbons (Fsp3) is 0.375. The third-order valence-electron chi connectivity index (χ3n) is 3.29. The van der Waals surface area contributed by atoms with Crippen LogP contribution in [-0.2, 0) is 6.54 Å². The molecule has 1 amide bonds. The van der Waals surface area contributed by atoms with E-state index in [0.29, 0.717) is 25.2 Å². The second kappa shape index (κ2) is 8.56. The lowest BCUT2D eigenvalue weighted by Crippen LogP contribution is -2.26. The number of carbonyl (C=O) groups excluding carboxylic acids is 1. The molecular formula is C16H23ClN4O. The first-order valence-electron chi connectivity index (χ1n) is 7.18. The van der Waals surface area contributed by atoms with Crippen molar-refractivity contribution in [3.63, 3.8) is 0 Å². The van der Waals surface area contributed by atoms with Crippen LogP contribution < -0.4 is 11.1 Å². The Morgan fingerprint density at radius 2 is 2.09 bits per heavy atom. The van der Waals surface area contributed by atoms with E-state index in [-0.39, 0.29) is 18.3 Å². The molecule has 5 nitrogen and oxygen atoms in total. The van der Waals surface area contributed by atoms with E-state index >= 15 is 0 Å². The van der Waals surface area contributed by atoms with Gasteiger partial charge in [0, 0.05) is 17.8 Å². The van der Waals surface area contributed by atoms with Crippen LogP contribution in [0.3, 0.4) is 0 Å². The molecule has 0 aliphatic heterocycles. The lowest BCUT2D eigenvalue weighted by molar-refractivity contribution is 0.0953. The SMILES string of the molecule is Cc1cc(C)n(Cc2cccc(C(=O)NCCCN)c2)n1.Cl. The minimum Gasteiger partial charge on any atom is -0.352 e. The molecule has 6 heteroatoms.